The van der Waals surface area contributed by atoms with Crippen LogP contribution in [0.4, 0.5) is 5.69 Å². The van der Waals surface area contributed by atoms with Gasteiger partial charge in [0.2, 0.25) is 5.69 Å². The number of nitrogens with one attached hydrogen (secondary N) is 1. The minimum atomic E-state index is -3.98. The van der Waals surface area contributed by atoms with E-state index in [4.69, 9.17) is 0 Å². The minimum Gasteiger partial charge on any atom is -0.428 e. The molecule has 5 rings (SSSR count). The van der Waals surface area contributed by atoms with Crippen molar-refractivity contribution in [3.8, 4) is 0 Å². The van der Waals surface area contributed by atoms with Crippen LogP contribution in [0, 0.1) is 0 Å². The van der Waals surface area contributed by atoms with Crippen molar-refractivity contribution >= 4 is 54.4 Å². The van der Waals surface area contributed by atoms with Gasteiger partial charge in [0.15, 0.2) is 5.71 Å². The summed E-state index contributed by atoms with van der Waals surface area (Å²) in [6, 6.07) is 18.0. The van der Waals surface area contributed by atoms with Crippen molar-refractivity contribution in [2.45, 2.75) is 16.7 Å². The zero-order chi connectivity index (χ0) is 20.6. The van der Waals surface area contributed by atoms with E-state index in [1.807, 2.05) is 0 Å². The van der Waals surface area contributed by atoms with Crippen LogP contribution in [0.25, 0.3) is 15.8 Å². The molecule has 1 aromatic heterocycles. The molecule has 0 radical (unpaired) electrons. The van der Waals surface area contributed by atoms with Gasteiger partial charge in [-0.05, 0) is 35.7 Å². The van der Waals surface area contributed by atoms with Crippen LogP contribution in [0.5, 0.6) is 0 Å². The lowest BCUT2D eigenvalue weighted by atomic mass is 10.0. The molecule has 2 aliphatic rings. The van der Waals surface area contributed by atoms with E-state index in [0.717, 1.165) is 0 Å². The average molecular weight is 445 g/mol. The van der Waals surface area contributed by atoms with Crippen molar-refractivity contribution in [3.63, 3.8) is 0 Å². The molecular weight excluding hydrogens is 428 g/mol. The van der Waals surface area contributed by atoms with Gasteiger partial charge in [-0.1, -0.05) is 30.3 Å². The highest BCUT2D eigenvalue weighted by molar-refractivity contribution is 8.14. The van der Waals surface area contributed by atoms with Gasteiger partial charge in [-0.2, -0.15) is 0 Å². The fourth-order valence-corrected chi connectivity index (χ4v) is 7.20. The molecule has 2 aliphatic heterocycles. The number of hydrogen-bond acceptors (Lipinski definition) is 5. The first-order valence-corrected chi connectivity index (χ1v) is 12.3. The van der Waals surface area contributed by atoms with Crippen molar-refractivity contribution in [2.24, 2.45) is 0 Å². The molecule has 0 saturated carbocycles. The second-order valence-corrected chi connectivity index (χ2v) is 10.7. The van der Waals surface area contributed by atoms with Gasteiger partial charge in [-0.25, -0.2) is 21.8 Å². The maximum absolute atomic E-state index is 11.1. The lowest BCUT2D eigenvalue weighted by Gasteiger charge is -2.05. The molecular formula is C20H16N2O4S3. The highest BCUT2D eigenvalue weighted by Crippen LogP contribution is 2.37. The molecule has 0 saturated heterocycles. The third-order valence-corrected chi connectivity index (χ3v) is 8.72. The fraction of sp³-hybridized carbons (Fsp3) is 0.0500. The summed E-state index contributed by atoms with van der Waals surface area (Å²) >= 11 is 1.77. The number of benzene rings is 2. The number of nitrogens with zero attached hydrogens (tertiary/aromatic N) is 1. The molecule has 29 heavy (non-hydrogen) atoms. The van der Waals surface area contributed by atoms with Gasteiger partial charge in [0, 0.05) is 17.9 Å². The van der Waals surface area contributed by atoms with Gasteiger partial charge in [0.05, 0.1) is 20.9 Å². The van der Waals surface area contributed by atoms with Crippen LogP contribution in [0.15, 0.2) is 75.8 Å². The predicted molar refractivity (Wildman–Crippen MR) is 114 cm³/mol. The van der Waals surface area contributed by atoms with Gasteiger partial charge in [0.1, 0.15) is 20.0 Å². The Morgan fingerprint density at radius 2 is 1.48 bits per heavy atom. The number of hydrogen-bond donors (Lipinski definition) is 1. The van der Waals surface area contributed by atoms with E-state index in [-0.39, 0.29) is 9.79 Å². The van der Waals surface area contributed by atoms with Crippen LogP contribution in [-0.2, 0) is 20.0 Å². The number of fused-ring (bicyclic) bond motifs is 2. The van der Waals surface area contributed by atoms with Crippen LogP contribution >= 0.6 is 11.3 Å². The summed E-state index contributed by atoms with van der Waals surface area (Å²) in [6.07, 6.45) is 2.25. The third-order valence-electron chi connectivity index (χ3n) is 4.37. The standard InChI is InChI=1S/C14H11NS.C6H4NO4S2/c1-10-13(9-11-5-4-8-16-11)12-6-2-3-7-14(12)15-10;8-12(9)5-3-1-2-4-6(5)13(10,11)7-12/h2-9H,1H3;1-4H/q;-1/p+1/b13-9+;. The lowest BCUT2D eigenvalue weighted by molar-refractivity contribution is -0.349. The fourth-order valence-electron chi connectivity index (χ4n) is 3.09. The van der Waals surface area contributed by atoms with E-state index < -0.39 is 20.0 Å². The van der Waals surface area contributed by atoms with E-state index in [0.29, 0.717) is 0 Å². The van der Waals surface area contributed by atoms with Crippen LogP contribution in [0.3, 0.4) is 0 Å². The van der Waals surface area contributed by atoms with Crippen LogP contribution in [0.1, 0.15) is 17.4 Å². The van der Waals surface area contributed by atoms with E-state index in [2.05, 4.69) is 63.9 Å². The zero-order valence-electron chi connectivity index (χ0n) is 15.2. The van der Waals surface area contributed by atoms with Crippen molar-refractivity contribution < 1.29 is 21.8 Å². The lowest BCUT2D eigenvalue weighted by Crippen LogP contribution is -2.62. The summed E-state index contributed by atoms with van der Waals surface area (Å²) in [6.45, 7) is 2.12. The van der Waals surface area contributed by atoms with Gasteiger partial charge >= 0.3 is 0 Å². The zero-order valence-corrected chi connectivity index (χ0v) is 17.7. The Bertz CT molecular complexity index is 1300. The molecule has 0 unspecified atom stereocenters. The van der Waals surface area contributed by atoms with Gasteiger partial charge in [-0.3, -0.25) is 0 Å². The first-order chi connectivity index (χ1) is 13.8. The van der Waals surface area contributed by atoms with Gasteiger partial charge in [-0.15, -0.1) is 11.3 Å². The Morgan fingerprint density at radius 3 is 2.10 bits per heavy atom. The first kappa shape index (κ1) is 19.7. The Labute approximate surface area is 173 Å². The topological polar surface area (TPSA) is 96.3 Å². The van der Waals surface area contributed by atoms with Crippen LogP contribution in [0.2, 0.25) is 0 Å². The molecule has 3 heterocycles. The van der Waals surface area contributed by atoms with E-state index in [9.17, 15) is 16.8 Å². The van der Waals surface area contributed by atoms with E-state index in [1.165, 1.54) is 51.7 Å². The summed E-state index contributed by atoms with van der Waals surface area (Å²) in [4.78, 5) is 4.23. The normalized spacial score (nSPS) is 19.1. The number of rotatable bonds is 1. The molecule has 9 heteroatoms. The molecule has 1 N–H and O–H groups in total. The highest BCUT2D eigenvalue weighted by Gasteiger charge is 2.26. The molecule has 3 aromatic rings. The van der Waals surface area contributed by atoms with Crippen molar-refractivity contribution in [2.75, 3.05) is 0 Å². The smallest absolute Gasteiger partial charge is 0.211 e. The van der Waals surface area contributed by atoms with Crippen molar-refractivity contribution in [3.05, 3.63) is 80.6 Å². The maximum atomic E-state index is 11.1. The van der Waals surface area contributed by atoms with Crippen molar-refractivity contribution in [1.82, 2.24) is 0 Å². The summed E-state index contributed by atoms with van der Waals surface area (Å²) in [5, 5.41) is 2.11. The number of allylic oxidation sites excluding steroid dienone is 1. The van der Waals surface area contributed by atoms with Crippen LogP contribution in [-0.4, -0.2) is 22.5 Å². The predicted octanol–water partition coefficient (Wildman–Crippen LogP) is 2.93. The third kappa shape index (κ3) is 3.82. The summed E-state index contributed by atoms with van der Waals surface area (Å²) in [5.74, 6) is 0. The maximum Gasteiger partial charge on any atom is 0.211 e. The number of para-hydroxylation sites is 1. The summed E-state index contributed by atoms with van der Waals surface area (Å²) < 4.78 is 47.3. The average Bonchev–Trinajstić information content (AvgIpc) is 3.34. The summed E-state index contributed by atoms with van der Waals surface area (Å²) in [7, 11) is -7.95. The Hall–Kier alpha value is -2.59. The van der Waals surface area contributed by atoms with E-state index in [1.54, 1.807) is 11.3 Å². The van der Waals surface area contributed by atoms with Crippen molar-refractivity contribution in [1.29, 1.82) is 0 Å². The number of sulfonamides is 2. The largest absolute Gasteiger partial charge is 0.428 e. The molecule has 0 aliphatic carbocycles. The quantitative estimate of drug-likeness (QED) is 0.624. The molecule has 0 spiro atoms. The monoisotopic (exact) mass is 444 g/mol. The Kier molecular flexibility index (Phi) is 4.99. The SMILES string of the molecule is CC1=[NH+]c2ccccc2/C1=C/c1cccs1.O=S1(=O)[N-]S(=O)(=O)c2ccccc21. The summed E-state index contributed by atoms with van der Waals surface area (Å²) in [5.41, 5.74) is 5.05. The Balaban J connectivity index is 0.000000145. The second kappa shape index (κ2) is 7.34. The highest BCUT2D eigenvalue weighted by atomic mass is 32.3. The molecule has 0 atom stereocenters. The Morgan fingerprint density at radius 1 is 0.862 bits per heavy atom. The molecule has 0 fully saturated rings. The second-order valence-electron chi connectivity index (χ2n) is 6.34. The number of thiophene rings is 1. The van der Waals surface area contributed by atoms with Gasteiger partial charge in [0.25, 0.3) is 0 Å². The molecule has 148 valence electrons. The van der Waals surface area contributed by atoms with Gasteiger partial charge < -0.3 is 4.13 Å². The molecule has 6 nitrogen and oxygen atoms in total. The molecule has 2 aromatic carbocycles. The van der Waals surface area contributed by atoms with Crippen LogP contribution < -0.4 is 4.99 Å². The minimum absolute atomic E-state index is 0.241. The molecule has 0 bridgehead atoms. The molecule has 0 amide bonds. The van der Waals surface area contributed by atoms with E-state index >= 15 is 0 Å². The first-order valence-electron chi connectivity index (χ1n) is 8.57.